The number of hydrogen-bond acceptors (Lipinski definition) is 5. The van der Waals surface area contributed by atoms with Gasteiger partial charge >= 0.3 is 0 Å². The summed E-state index contributed by atoms with van der Waals surface area (Å²) in [4.78, 5) is 3.79. The zero-order chi connectivity index (χ0) is 13.8. The fourth-order valence-corrected chi connectivity index (χ4v) is 4.00. The third kappa shape index (κ3) is 3.59. The minimum atomic E-state index is -0.412. The zero-order valence-corrected chi connectivity index (χ0v) is 12.6. The smallest absolute Gasteiger partial charge is 0.0897 e. The normalized spacial score (nSPS) is 27.9. The molecule has 0 aliphatic carbocycles. The molecule has 2 fully saturated rings. The first-order chi connectivity index (χ1) is 9.83. The van der Waals surface area contributed by atoms with Crippen LogP contribution in [-0.4, -0.2) is 54.4 Å². The average molecular weight is 296 g/mol. The number of nitrogens with zero attached hydrogens (tertiary/aromatic N) is 1. The Labute approximate surface area is 124 Å². The van der Waals surface area contributed by atoms with E-state index in [-0.39, 0.29) is 0 Å². The van der Waals surface area contributed by atoms with Gasteiger partial charge in [-0.1, -0.05) is 6.07 Å². The fraction of sp³-hybridized carbons (Fsp3) is 0.733. The molecule has 1 aromatic heterocycles. The predicted molar refractivity (Wildman–Crippen MR) is 81.0 cm³/mol. The topological polar surface area (TPSA) is 44.7 Å². The summed E-state index contributed by atoms with van der Waals surface area (Å²) < 4.78 is 5.55. The number of aliphatic hydroxyl groups excluding tert-OH is 1. The predicted octanol–water partition coefficient (Wildman–Crippen LogP) is 1.45. The van der Waals surface area contributed by atoms with Crippen molar-refractivity contribution >= 4 is 11.3 Å². The number of hydrogen-bond donors (Lipinski definition) is 2. The van der Waals surface area contributed by atoms with Gasteiger partial charge in [-0.25, -0.2) is 0 Å². The van der Waals surface area contributed by atoms with E-state index in [0.717, 1.165) is 0 Å². The molecule has 3 heterocycles. The Balaban J connectivity index is 1.32. The molecule has 1 aromatic rings. The van der Waals surface area contributed by atoms with Crippen molar-refractivity contribution in [1.82, 2.24) is 10.2 Å². The molecule has 112 valence electrons. The third-order valence-electron chi connectivity index (χ3n) is 4.36. The Kier molecular flexibility index (Phi) is 5.07. The molecule has 0 saturated carbocycles. The van der Waals surface area contributed by atoms with Crippen molar-refractivity contribution in [3.63, 3.8) is 0 Å². The maximum atomic E-state index is 9.98. The van der Waals surface area contributed by atoms with Crippen LogP contribution in [0.3, 0.4) is 0 Å². The Morgan fingerprint density at radius 2 is 2.40 bits per heavy atom. The lowest BCUT2D eigenvalue weighted by atomic mass is 10.1. The molecule has 0 spiro atoms. The second-order valence-electron chi connectivity index (χ2n) is 5.80. The van der Waals surface area contributed by atoms with Crippen molar-refractivity contribution in [2.45, 2.75) is 44.1 Å². The maximum absolute atomic E-state index is 9.98. The lowest BCUT2D eigenvalue weighted by Crippen LogP contribution is -2.43. The van der Waals surface area contributed by atoms with E-state index in [1.807, 2.05) is 11.4 Å². The molecular formula is C15H24N2O2S. The highest BCUT2D eigenvalue weighted by atomic mass is 32.1. The van der Waals surface area contributed by atoms with Gasteiger partial charge in [0.1, 0.15) is 0 Å². The monoisotopic (exact) mass is 296 g/mol. The van der Waals surface area contributed by atoms with Crippen molar-refractivity contribution in [2.75, 3.05) is 26.2 Å². The Morgan fingerprint density at radius 3 is 3.25 bits per heavy atom. The average Bonchev–Trinajstić information content (AvgIpc) is 3.14. The second kappa shape index (κ2) is 7.00. The van der Waals surface area contributed by atoms with Gasteiger partial charge in [0.2, 0.25) is 0 Å². The van der Waals surface area contributed by atoms with E-state index in [4.69, 9.17) is 4.74 Å². The first kappa shape index (κ1) is 14.5. The van der Waals surface area contributed by atoms with Gasteiger partial charge in [0.15, 0.2) is 0 Å². The van der Waals surface area contributed by atoms with Crippen LogP contribution in [0.4, 0.5) is 0 Å². The fourth-order valence-electron chi connectivity index (χ4n) is 3.36. The van der Waals surface area contributed by atoms with Gasteiger partial charge in [-0.05, 0) is 37.3 Å². The molecule has 0 bridgehead atoms. The van der Waals surface area contributed by atoms with Crippen molar-refractivity contribution in [1.29, 1.82) is 0 Å². The molecular weight excluding hydrogens is 272 g/mol. The molecule has 3 rings (SSSR count). The van der Waals surface area contributed by atoms with Crippen molar-refractivity contribution in [3.05, 3.63) is 22.4 Å². The van der Waals surface area contributed by atoms with Gasteiger partial charge in [0.25, 0.3) is 0 Å². The van der Waals surface area contributed by atoms with Crippen LogP contribution in [0.15, 0.2) is 17.5 Å². The van der Waals surface area contributed by atoms with Crippen LogP contribution in [0.25, 0.3) is 0 Å². The number of fused-ring (bicyclic) bond motifs is 1. The Morgan fingerprint density at radius 1 is 1.45 bits per heavy atom. The van der Waals surface area contributed by atoms with E-state index in [2.05, 4.69) is 16.3 Å². The summed E-state index contributed by atoms with van der Waals surface area (Å²) in [6.07, 6.45) is 3.44. The summed E-state index contributed by atoms with van der Waals surface area (Å²) in [6, 6.07) is 5.34. The standard InChI is InChI=1S/C15H24N2O2S/c18-12(10-19-11-13-3-2-8-20-13)9-16-14-5-7-17-6-1-4-15(14)17/h2-3,8,12,14-16,18H,1,4-7,9-11H2. The summed E-state index contributed by atoms with van der Waals surface area (Å²) in [5.74, 6) is 0. The van der Waals surface area contributed by atoms with E-state index in [1.54, 1.807) is 11.3 Å². The number of thiophene rings is 1. The van der Waals surface area contributed by atoms with E-state index >= 15 is 0 Å². The van der Waals surface area contributed by atoms with Gasteiger partial charge in [-0.3, -0.25) is 4.90 Å². The molecule has 2 aliphatic heterocycles. The molecule has 0 aromatic carbocycles. The van der Waals surface area contributed by atoms with Crippen LogP contribution < -0.4 is 5.32 Å². The molecule has 20 heavy (non-hydrogen) atoms. The summed E-state index contributed by atoms with van der Waals surface area (Å²) in [5, 5.41) is 15.6. The van der Waals surface area contributed by atoms with Gasteiger partial charge in [0.05, 0.1) is 19.3 Å². The van der Waals surface area contributed by atoms with Gasteiger partial charge in [0, 0.05) is 30.1 Å². The number of nitrogens with one attached hydrogen (secondary N) is 1. The van der Waals surface area contributed by atoms with Crippen LogP contribution >= 0.6 is 11.3 Å². The lowest BCUT2D eigenvalue weighted by Gasteiger charge is -2.22. The Bertz CT molecular complexity index is 399. The summed E-state index contributed by atoms with van der Waals surface area (Å²) in [5.41, 5.74) is 0. The first-order valence-electron chi connectivity index (χ1n) is 7.58. The van der Waals surface area contributed by atoms with Gasteiger partial charge in [-0.15, -0.1) is 11.3 Å². The van der Waals surface area contributed by atoms with Crippen molar-refractivity contribution in [2.24, 2.45) is 0 Å². The minimum absolute atomic E-state index is 0.409. The molecule has 3 atom stereocenters. The summed E-state index contributed by atoms with van der Waals surface area (Å²) in [7, 11) is 0. The SMILES string of the molecule is OC(CNC1CCN2CCCC12)COCc1cccs1. The van der Waals surface area contributed by atoms with E-state index in [9.17, 15) is 5.11 Å². The second-order valence-corrected chi connectivity index (χ2v) is 6.83. The lowest BCUT2D eigenvalue weighted by molar-refractivity contribution is 0.0282. The van der Waals surface area contributed by atoms with Crippen molar-refractivity contribution < 1.29 is 9.84 Å². The first-order valence-corrected chi connectivity index (χ1v) is 8.46. The van der Waals surface area contributed by atoms with E-state index in [1.165, 1.54) is 37.2 Å². The third-order valence-corrected chi connectivity index (χ3v) is 5.21. The molecule has 2 N–H and O–H groups in total. The molecule has 5 heteroatoms. The molecule has 0 radical (unpaired) electrons. The number of ether oxygens (including phenoxy) is 1. The number of aliphatic hydroxyl groups is 1. The van der Waals surface area contributed by atoms with Crippen LogP contribution in [0.1, 0.15) is 24.1 Å². The maximum Gasteiger partial charge on any atom is 0.0897 e. The molecule has 2 aliphatic rings. The highest BCUT2D eigenvalue weighted by Crippen LogP contribution is 2.27. The van der Waals surface area contributed by atoms with Crippen LogP contribution in [-0.2, 0) is 11.3 Å². The molecule has 3 unspecified atom stereocenters. The van der Waals surface area contributed by atoms with Gasteiger partial charge < -0.3 is 15.2 Å². The van der Waals surface area contributed by atoms with E-state index < -0.39 is 6.10 Å². The number of rotatable bonds is 7. The minimum Gasteiger partial charge on any atom is -0.389 e. The molecule has 2 saturated heterocycles. The van der Waals surface area contributed by atoms with Gasteiger partial charge in [-0.2, -0.15) is 0 Å². The van der Waals surface area contributed by atoms with Crippen LogP contribution in [0.5, 0.6) is 0 Å². The van der Waals surface area contributed by atoms with Crippen molar-refractivity contribution in [3.8, 4) is 0 Å². The summed E-state index contributed by atoms with van der Waals surface area (Å²) >= 11 is 1.69. The molecule has 4 nitrogen and oxygen atoms in total. The highest BCUT2D eigenvalue weighted by Gasteiger charge is 2.36. The molecule has 0 amide bonds. The van der Waals surface area contributed by atoms with Crippen LogP contribution in [0, 0.1) is 0 Å². The zero-order valence-electron chi connectivity index (χ0n) is 11.8. The van der Waals surface area contributed by atoms with Crippen LogP contribution in [0.2, 0.25) is 0 Å². The summed E-state index contributed by atoms with van der Waals surface area (Å²) in [6.45, 7) is 4.13. The quantitative estimate of drug-likeness (QED) is 0.799. The Hall–Kier alpha value is -0.460. The largest absolute Gasteiger partial charge is 0.389 e. The highest BCUT2D eigenvalue weighted by molar-refractivity contribution is 7.09. The van der Waals surface area contributed by atoms with E-state index in [0.29, 0.717) is 31.8 Å².